The molecule has 5 nitrogen and oxygen atoms in total. The zero-order chi connectivity index (χ0) is 18.1. The van der Waals surface area contributed by atoms with Gasteiger partial charge >= 0.3 is 0 Å². The first kappa shape index (κ1) is 17.7. The number of aromatic nitrogens is 1. The highest BCUT2D eigenvalue weighted by Gasteiger charge is 2.39. The van der Waals surface area contributed by atoms with Crippen LogP contribution in [0.15, 0.2) is 24.3 Å². The molecule has 1 aliphatic rings. The van der Waals surface area contributed by atoms with Crippen molar-refractivity contribution in [1.82, 2.24) is 10.3 Å². The van der Waals surface area contributed by atoms with Crippen LogP contribution in [0.2, 0.25) is 0 Å². The van der Waals surface area contributed by atoms with Gasteiger partial charge in [-0.1, -0.05) is 23.5 Å². The second-order valence-electron chi connectivity index (χ2n) is 6.89. The highest BCUT2D eigenvalue weighted by molar-refractivity contribution is 7.19. The Morgan fingerprint density at radius 2 is 2.12 bits per heavy atom. The van der Waals surface area contributed by atoms with Crippen molar-refractivity contribution in [3.8, 4) is 16.3 Å². The largest absolute Gasteiger partial charge is 0.497 e. The van der Waals surface area contributed by atoms with Gasteiger partial charge < -0.3 is 15.0 Å². The average molecular weight is 359 g/mol. The molecule has 1 aliphatic heterocycles. The lowest BCUT2D eigenvalue weighted by Gasteiger charge is -2.30. The lowest BCUT2D eigenvalue weighted by atomic mass is 10.1. The third-order valence-electron chi connectivity index (χ3n) is 4.24. The molecule has 25 heavy (non-hydrogen) atoms. The molecule has 1 amide bonds. The number of hydrogen-bond acceptors (Lipinski definition) is 5. The first-order valence-electron chi connectivity index (χ1n) is 8.63. The summed E-state index contributed by atoms with van der Waals surface area (Å²) >= 11 is 1.65. The number of methoxy groups -OCH3 is 1. The van der Waals surface area contributed by atoms with Gasteiger partial charge in [0, 0.05) is 24.1 Å². The minimum atomic E-state index is -0.171. The van der Waals surface area contributed by atoms with Crippen molar-refractivity contribution in [2.75, 3.05) is 12.0 Å². The fourth-order valence-electron chi connectivity index (χ4n) is 3.18. The lowest BCUT2D eigenvalue weighted by Crippen LogP contribution is -2.49. The van der Waals surface area contributed by atoms with E-state index in [1.54, 1.807) is 18.4 Å². The zero-order valence-electron chi connectivity index (χ0n) is 15.4. The molecule has 1 N–H and O–H groups in total. The highest BCUT2D eigenvalue weighted by atomic mass is 32.1. The maximum atomic E-state index is 12.6. The number of amides is 1. The number of carbonyl (C=O) groups excluding carboxylic acids is 1. The van der Waals surface area contributed by atoms with E-state index >= 15 is 0 Å². The van der Waals surface area contributed by atoms with Gasteiger partial charge in [0.05, 0.1) is 12.8 Å². The summed E-state index contributed by atoms with van der Waals surface area (Å²) in [5.41, 5.74) is 2.06. The number of nitrogens with one attached hydrogen (secondary N) is 1. The van der Waals surface area contributed by atoms with E-state index in [0.29, 0.717) is 6.42 Å². The van der Waals surface area contributed by atoms with Gasteiger partial charge in [0.2, 0.25) is 5.91 Å². The van der Waals surface area contributed by atoms with Crippen molar-refractivity contribution in [3.63, 3.8) is 0 Å². The molecule has 0 saturated heterocycles. The van der Waals surface area contributed by atoms with Gasteiger partial charge in [0.15, 0.2) is 0 Å². The summed E-state index contributed by atoms with van der Waals surface area (Å²) in [7, 11) is 1.67. The van der Waals surface area contributed by atoms with E-state index in [1.807, 2.05) is 38.1 Å². The number of anilines is 1. The SMILES string of the molecule is COc1cccc(-c2nc3c(s2)N(C(C)C)C(C(=O)NC(C)C)C3)c1. The molecule has 0 saturated carbocycles. The molecule has 0 radical (unpaired) electrons. The highest BCUT2D eigenvalue weighted by Crippen LogP contribution is 2.42. The number of thiazole rings is 1. The first-order chi connectivity index (χ1) is 11.9. The van der Waals surface area contributed by atoms with Crippen LogP contribution in [0.3, 0.4) is 0 Å². The summed E-state index contributed by atoms with van der Waals surface area (Å²) in [6, 6.07) is 8.14. The average Bonchev–Trinajstić information content (AvgIpc) is 3.11. The van der Waals surface area contributed by atoms with Crippen LogP contribution in [0.1, 0.15) is 33.4 Å². The van der Waals surface area contributed by atoms with Crippen molar-refractivity contribution in [1.29, 1.82) is 0 Å². The van der Waals surface area contributed by atoms with Crippen LogP contribution in [-0.2, 0) is 11.2 Å². The summed E-state index contributed by atoms with van der Waals surface area (Å²) in [5.74, 6) is 0.902. The molecular formula is C19H25N3O2S. The van der Waals surface area contributed by atoms with Crippen molar-refractivity contribution >= 4 is 22.2 Å². The van der Waals surface area contributed by atoms with E-state index in [4.69, 9.17) is 9.72 Å². The number of rotatable bonds is 5. The smallest absolute Gasteiger partial charge is 0.243 e. The minimum Gasteiger partial charge on any atom is -0.497 e. The Morgan fingerprint density at radius 3 is 2.76 bits per heavy atom. The maximum Gasteiger partial charge on any atom is 0.243 e. The molecule has 1 aromatic carbocycles. The van der Waals surface area contributed by atoms with Gasteiger partial charge in [-0.05, 0) is 39.8 Å². The molecule has 0 spiro atoms. The Bertz CT molecular complexity index is 770. The topological polar surface area (TPSA) is 54.5 Å². The van der Waals surface area contributed by atoms with Gasteiger partial charge in [-0.15, -0.1) is 0 Å². The normalized spacial score (nSPS) is 16.4. The Kier molecular flexibility index (Phi) is 4.99. The molecule has 3 rings (SSSR count). The van der Waals surface area contributed by atoms with Crippen LogP contribution in [0.25, 0.3) is 10.6 Å². The number of nitrogens with zero attached hydrogens (tertiary/aromatic N) is 2. The van der Waals surface area contributed by atoms with Gasteiger partial charge in [0.25, 0.3) is 0 Å². The standard InChI is InChI=1S/C19H25N3O2S/c1-11(2)20-17(23)16-10-15-19(22(16)12(3)4)25-18(21-15)13-7-6-8-14(9-13)24-5/h6-9,11-12,16H,10H2,1-5H3,(H,20,23). The zero-order valence-corrected chi connectivity index (χ0v) is 16.2. The second-order valence-corrected chi connectivity index (χ2v) is 7.86. The van der Waals surface area contributed by atoms with Crippen LogP contribution >= 0.6 is 11.3 Å². The summed E-state index contributed by atoms with van der Waals surface area (Å²) in [6.45, 7) is 8.22. The van der Waals surface area contributed by atoms with Gasteiger partial charge in [-0.2, -0.15) is 0 Å². The molecular weight excluding hydrogens is 334 g/mol. The Morgan fingerprint density at radius 1 is 1.36 bits per heavy atom. The van der Waals surface area contributed by atoms with Gasteiger partial charge in [0.1, 0.15) is 21.8 Å². The molecule has 1 aromatic heterocycles. The van der Waals surface area contributed by atoms with Crippen LogP contribution < -0.4 is 15.0 Å². The molecule has 1 atom stereocenters. The molecule has 2 heterocycles. The minimum absolute atomic E-state index is 0.0804. The van der Waals surface area contributed by atoms with E-state index in [9.17, 15) is 4.79 Å². The van der Waals surface area contributed by atoms with Crippen molar-refractivity contribution in [2.45, 2.75) is 52.2 Å². The predicted octanol–water partition coefficient (Wildman–Crippen LogP) is 3.48. The molecule has 0 fully saturated rings. The van der Waals surface area contributed by atoms with Crippen molar-refractivity contribution in [3.05, 3.63) is 30.0 Å². The van der Waals surface area contributed by atoms with Crippen molar-refractivity contribution < 1.29 is 9.53 Å². The Labute approximate surface area is 153 Å². The third-order valence-corrected chi connectivity index (χ3v) is 5.40. The lowest BCUT2D eigenvalue weighted by molar-refractivity contribution is -0.122. The summed E-state index contributed by atoms with van der Waals surface area (Å²) in [4.78, 5) is 19.6. The third kappa shape index (κ3) is 3.49. The van der Waals surface area contributed by atoms with Crippen LogP contribution in [-0.4, -0.2) is 36.1 Å². The fraction of sp³-hybridized carbons (Fsp3) is 0.474. The summed E-state index contributed by atoms with van der Waals surface area (Å²) < 4.78 is 5.31. The molecule has 6 heteroatoms. The van der Waals surface area contributed by atoms with Crippen LogP contribution in [0.4, 0.5) is 5.00 Å². The summed E-state index contributed by atoms with van der Waals surface area (Å²) in [6.07, 6.45) is 0.659. The number of benzene rings is 1. The second kappa shape index (κ2) is 7.04. The quantitative estimate of drug-likeness (QED) is 0.888. The van der Waals surface area contributed by atoms with E-state index in [0.717, 1.165) is 27.0 Å². The fourth-order valence-corrected chi connectivity index (χ4v) is 4.45. The number of hydrogen-bond donors (Lipinski definition) is 1. The monoisotopic (exact) mass is 359 g/mol. The van der Waals surface area contributed by atoms with Crippen LogP contribution in [0, 0.1) is 0 Å². The first-order valence-corrected chi connectivity index (χ1v) is 9.45. The Hall–Kier alpha value is -2.08. The van der Waals surface area contributed by atoms with E-state index in [-0.39, 0.29) is 24.0 Å². The van der Waals surface area contributed by atoms with Crippen LogP contribution in [0.5, 0.6) is 5.75 Å². The predicted molar refractivity (Wildman–Crippen MR) is 102 cm³/mol. The van der Waals surface area contributed by atoms with Crippen molar-refractivity contribution in [2.24, 2.45) is 0 Å². The maximum absolute atomic E-state index is 12.6. The molecule has 0 bridgehead atoms. The number of carbonyl (C=O) groups is 1. The van der Waals surface area contributed by atoms with Gasteiger partial charge in [-0.25, -0.2) is 4.98 Å². The van der Waals surface area contributed by atoms with E-state index in [2.05, 4.69) is 24.1 Å². The van der Waals surface area contributed by atoms with E-state index < -0.39 is 0 Å². The molecule has 1 unspecified atom stereocenters. The number of fused-ring (bicyclic) bond motifs is 1. The summed E-state index contributed by atoms with van der Waals surface area (Å²) in [5, 5.41) is 5.11. The molecule has 0 aliphatic carbocycles. The molecule has 134 valence electrons. The number of ether oxygens (including phenoxy) is 1. The Balaban J connectivity index is 1.91. The van der Waals surface area contributed by atoms with Gasteiger partial charge in [-0.3, -0.25) is 4.79 Å². The van der Waals surface area contributed by atoms with E-state index in [1.165, 1.54) is 0 Å². The molecule has 2 aromatic rings.